The number of methoxy groups -OCH3 is 1. The van der Waals surface area contributed by atoms with Crippen molar-refractivity contribution in [3.8, 4) is 5.75 Å². The Morgan fingerprint density at radius 2 is 1.78 bits per heavy atom. The molecular weight excluding hydrogens is 346 g/mol. The lowest BCUT2D eigenvalue weighted by molar-refractivity contribution is 0.214. The lowest BCUT2D eigenvalue weighted by Gasteiger charge is -2.31. The minimum atomic E-state index is -0.501. The Bertz CT molecular complexity index is 917. The molecule has 0 aliphatic carbocycles. The van der Waals surface area contributed by atoms with Crippen LogP contribution in [0.15, 0.2) is 60.8 Å². The molecule has 0 radical (unpaired) electrons. The molecule has 2 aromatic carbocycles. The Balaban J connectivity index is 1.78. The van der Waals surface area contributed by atoms with Crippen LogP contribution in [-0.4, -0.2) is 23.1 Å². The van der Waals surface area contributed by atoms with E-state index in [9.17, 15) is 8.78 Å². The van der Waals surface area contributed by atoms with Crippen molar-refractivity contribution >= 4 is 0 Å². The van der Waals surface area contributed by atoms with Crippen LogP contribution in [-0.2, 0) is 13.1 Å². The number of nitrogens with zero attached hydrogens (tertiary/aromatic N) is 2. The Labute approximate surface area is 157 Å². The first kappa shape index (κ1) is 17.7. The number of fused-ring (bicyclic) bond motifs is 1. The van der Waals surface area contributed by atoms with Crippen molar-refractivity contribution in [2.24, 2.45) is 0 Å². The van der Waals surface area contributed by atoms with Crippen molar-refractivity contribution in [2.75, 3.05) is 13.7 Å². The van der Waals surface area contributed by atoms with Crippen LogP contribution in [0.4, 0.5) is 8.78 Å². The summed E-state index contributed by atoms with van der Waals surface area (Å²) in [5, 5.41) is 0. The third kappa shape index (κ3) is 3.47. The molecule has 1 atom stereocenters. The molecular formula is C22H22F2N2O. The largest absolute Gasteiger partial charge is 0.497 e. The highest BCUT2D eigenvalue weighted by molar-refractivity contribution is 5.36. The lowest BCUT2D eigenvalue weighted by atomic mass is 10.0. The summed E-state index contributed by atoms with van der Waals surface area (Å²) in [7, 11) is 1.64. The van der Waals surface area contributed by atoms with E-state index in [2.05, 4.69) is 21.7 Å². The molecule has 0 saturated heterocycles. The van der Waals surface area contributed by atoms with E-state index in [0.717, 1.165) is 36.5 Å². The fourth-order valence-electron chi connectivity index (χ4n) is 3.89. The fourth-order valence-corrected chi connectivity index (χ4v) is 3.89. The molecule has 0 bridgehead atoms. The predicted molar refractivity (Wildman–Crippen MR) is 101 cm³/mol. The molecule has 0 N–H and O–H groups in total. The standard InChI is InChI=1S/C22H22F2N2O/c1-27-17-7-2-6-16(14-17)22-21-10-4-11-25(21)12-5-13-26(22)15-18-19(23)8-3-9-20(18)24/h2-4,6-11,14,22H,5,12-13,15H2,1H3/t22-/m1/s1. The first-order valence-corrected chi connectivity index (χ1v) is 9.13. The Kier molecular flexibility index (Phi) is 4.94. The van der Waals surface area contributed by atoms with E-state index in [1.165, 1.54) is 18.2 Å². The second-order valence-electron chi connectivity index (χ2n) is 6.83. The second kappa shape index (κ2) is 7.53. The highest BCUT2D eigenvalue weighted by atomic mass is 19.1. The quantitative estimate of drug-likeness (QED) is 0.660. The van der Waals surface area contributed by atoms with Crippen molar-refractivity contribution in [3.05, 3.63) is 89.2 Å². The Morgan fingerprint density at radius 1 is 1.00 bits per heavy atom. The van der Waals surface area contributed by atoms with Gasteiger partial charge in [0.2, 0.25) is 0 Å². The van der Waals surface area contributed by atoms with Gasteiger partial charge in [-0.05, 0) is 48.4 Å². The van der Waals surface area contributed by atoms with Gasteiger partial charge in [-0.25, -0.2) is 8.78 Å². The molecule has 0 amide bonds. The number of ether oxygens (including phenoxy) is 1. The molecule has 5 heteroatoms. The summed E-state index contributed by atoms with van der Waals surface area (Å²) < 4.78 is 36.2. The van der Waals surface area contributed by atoms with Crippen molar-refractivity contribution in [2.45, 2.75) is 25.6 Å². The molecule has 0 unspecified atom stereocenters. The van der Waals surface area contributed by atoms with Crippen LogP contribution < -0.4 is 4.74 Å². The van der Waals surface area contributed by atoms with Crippen LogP contribution in [0.3, 0.4) is 0 Å². The van der Waals surface area contributed by atoms with Crippen molar-refractivity contribution in [3.63, 3.8) is 0 Å². The van der Waals surface area contributed by atoms with Gasteiger partial charge in [-0.15, -0.1) is 0 Å². The molecule has 3 nitrogen and oxygen atoms in total. The molecule has 0 spiro atoms. The van der Waals surface area contributed by atoms with E-state index in [1.54, 1.807) is 7.11 Å². The monoisotopic (exact) mass is 368 g/mol. The first-order valence-electron chi connectivity index (χ1n) is 9.13. The van der Waals surface area contributed by atoms with Gasteiger partial charge in [0.25, 0.3) is 0 Å². The number of benzene rings is 2. The van der Waals surface area contributed by atoms with Gasteiger partial charge >= 0.3 is 0 Å². The van der Waals surface area contributed by atoms with E-state index >= 15 is 0 Å². The van der Waals surface area contributed by atoms with E-state index in [4.69, 9.17) is 4.74 Å². The van der Waals surface area contributed by atoms with E-state index in [-0.39, 0.29) is 18.2 Å². The maximum absolute atomic E-state index is 14.3. The number of hydrogen-bond acceptors (Lipinski definition) is 2. The van der Waals surface area contributed by atoms with Gasteiger partial charge < -0.3 is 9.30 Å². The number of rotatable bonds is 4. The van der Waals surface area contributed by atoms with Gasteiger partial charge in [-0.3, -0.25) is 4.90 Å². The number of halogens is 2. The first-order chi connectivity index (χ1) is 13.2. The maximum Gasteiger partial charge on any atom is 0.130 e. The highest BCUT2D eigenvalue weighted by Gasteiger charge is 2.29. The summed E-state index contributed by atoms with van der Waals surface area (Å²) in [6.45, 7) is 1.85. The molecule has 2 heterocycles. The molecule has 27 heavy (non-hydrogen) atoms. The summed E-state index contributed by atoms with van der Waals surface area (Å²) in [6.07, 6.45) is 2.98. The van der Waals surface area contributed by atoms with E-state index < -0.39 is 11.6 Å². The van der Waals surface area contributed by atoms with Gasteiger partial charge in [-0.1, -0.05) is 18.2 Å². The molecule has 0 saturated carbocycles. The van der Waals surface area contributed by atoms with Crippen LogP contribution in [0.2, 0.25) is 0 Å². The molecule has 1 aliphatic rings. The van der Waals surface area contributed by atoms with Crippen LogP contribution in [0.1, 0.15) is 29.3 Å². The van der Waals surface area contributed by atoms with Gasteiger partial charge in [0, 0.05) is 37.1 Å². The summed E-state index contributed by atoms with van der Waals surface area (Å²) in [4.78, 5) is 2.15. The number of aromatic nitrogens is 1. The minimum Gasteiger partial charge on any atom is -0.497 e. The number of aryl methyl sites for hydroxylation is 1. The van der Waals surface area contributed by atoms with Gasteiger partial charge in [0.15, 0.2) is 0 Å². The zero-order chi connectivity index (χ0) is 18.8. The smallest absolute Gasteiger partial charge is 0.130 e. The van der Waals surface area contributed by atoms with Gasteiger partial charge in [-0.2, -0.15) is 0 Å². The number of hydrogen-bond donors (Lipinski definition) is 0. The van der Waals surface area contributed by atoms with E-state index in [1.807, 2.05) is 30.3 Å². The summed E-state index contributed by atoms with van der Waals surface area (Å²) in [6, 6.07) is 15.9. The second-order valence-corrected chi connectivity index (χ2v) is 6.83. The summed E-state index contributed by atoms with van der Waals surface area (Å²) in [5.74, 6) is -0.232. The molecule has 1 aromatic heterocycles. The van der Waals surface area contributed by atoms with Crippen LogP contribution >= 0.6 is 0 Å². The lowest BCUT2D eigenvalue weighted by Crippen LogP contribution is -2.30. The molecule has 140 valence electrons. The average molecular weight is 368 g/mol. The Hall–Kier alpha value is -2.66. The molecule has 1 aliphatic heterocycles. The normalized spacial score (nSPS) is 17.4. The van der Waals surface area contributed by atoms with E-state index in [0.29, 0.717) is 0 Å². The zero-order valence-corrected chi connectivity index (χ0v) is 15.2. The Morgan fingerprint density at radius 3 is 2.56 bits per heavy atom. The zero-order valence-electron chi connectivity index (χ0n) is 15.2. The predicted octanol–water partition coefficient (Wildman–Crippen LogP) is 4.77. The summed E-state index contributed by atoms with van der Waals surface area (Å²) >= 11 is 0. The SMILES string of the molecule is COc1cccc([C@@H]2c3cccn3CCCN2Cc2c(F)cccc2F)c1. The minimum absolute atomic E-state index is 0.100. The average Bonchev–Trinajstić information content (AvgIpc) is 3.06. The van der Waals surface area contributed by atoms with Crippen LogP contribution in [0, 0.1) is 11.6 Å². The van der Waals surface area contributed by atoms with Gasteiger partial charge in [0.1, 0.15) is 17.4 Å². The molecule has 3 aromatic rings. The fraction of sp³-hybridized carbons (Fsp3) is 0.273. The third-order valence-corrected chi connectivity index (χ3v) is 5.19. The highest BCUT2D eigenvalue weighted by Crippen LogP contribution is 2.35. The van der Waals surface area contributed by atoms with Crippen molar-refractivity contribution in [1.29, 1.82) is 0 Å². The molecule has 4 rings (SSSR count). The molecule has 0 fully saturated rings. The summed E-state index contributed by atoms with van der Waals surface area (Å²) in [5.41, 5.74) is 2.29. The van der Waals surface area contributed by atoms with Gasteiger partial charge in [0.05, 0.1) is 13.2 Å². The van der Waals surface area contributed by atoms with Crippen molar-refractivity contribution < 1.29 is 13.5 Å². The third-order valence-electron chi connectivity index (χ3n) is 5.19. The topological polar surface area (TPSA) is 17.4 Å². The maximum atomic E-state index is 14.3. The van der Waals surface area contributed by atoms with Crippen LogP contribution in [0.5, 0.6) is 5.75 Å². The van der Waals surface area contributed by atoms with Crippen LogP contribution in [0.25, 0.3) is 0 Å². The van der Waals surface area contributed by atoms with Crippen molar-refractivity contribution in [1.82, 2.24) is 9.47 Å².